The van der Waals surface area contributed by atoms with Crippen molar-refractivity contribution in [1.29, 1.82) is 0 Å². The molecule has 0 saturated carbocycles. The lowest BCUT2D eigenvalue weighted by Gasteiger charge is -2.41. The first-order valence-electron chi connectivity index (χ1n) is 8.72. The van der Waals surface area contributed by atoms with Crippen molar-refractivity contribution in [3.05, 3.63) is 29.3 Å². The fourth-order valence-electron chi connectivity index (χ4n) is 4.45. The van der Waals surface area contributed by atoms with Crippen LogP contribution in [0.15, 0.2) is 24.3 Å². The first-order chi connectivity index (χ1) is 12.0. The fraction of sp³-hybridized carbons (Fsp3) is 0.500. The SMILES string of the molecule is O=C1CCC(=O)N1C1CC2CCC(C1)N2C(=O)Nc1cccc(Cl)c1. The molecule has 0 aromatic heterocycles. The van der Waals surface area contributed by atoms with Crippen molar-refractivity contribution < 1.29 is 14.4 Å². The Morgan fingerprint density at radius 3 is 2.28 bits per heavy atom. The van der Waals surface area contributed by atoms with E-state index in [9.17, 15) is 14.4 Å². The molecular formula is C18H20ClN3O3. The van der Waals surface area contributed by atoms with Gasteiger partial charge in [-0.25, -0.2) is 4.79 Å². The first kappa shape index (κ1) is 16.4. The lowest BCUT2D eigenvalue weighted by atomic mass is 9.96. The maximum atomic E-state index is 12.7. The zero-order valence-corrected chi connectivity index (χ0v) is 14.5. The van der Waals surface area contributed by atoms with E-state index in [2.05, 4.69) is 5.32 Å². The molecule has 3 aliphatic rings. The van der Waals surface area contributed by atoms with Gasteiger partial charge in [0.25, 0.3) is 0 Å². The van der Waals surface area contributed by atoms with Gasteiger partial charge in [0.05, 0.1) is 0 Å². The molecular weight excluding hydrogens is 342 g/mol. The van der Waals surface area contributed by atoms with Gasteiger partial charge < -0.3 is 10.2 Å². The Bertz CT molecular complexity index is 708. The summed E-state index contributed by atoms with van der Waals surface area (Å²) in [5.41, 5.74) is 0.670. The van der Waals surface area contributed by atoms with Gasteiger partial charge in [-0.15, -0.1) is 0 Å². The van der Waals surface area contributed by atoms with E-state index in [0.717, 1.165) is 12.8 Å². The topological polar surface area (TPSA) is 69.7 Å². The largest absolute Gasteiger partial charge is 0.322 e. The summed E-state index contributed by atoms with van der Waals surface area (Å²) in [4.78, 5) is 40.1. The molecule has 0 aliphatic carbocycles. The van der Waals surface area contributed by atoms with E-state index in [1.807, 2.05) is 4.90 Å². The van der Waals surface area contributed by atoms with Crippen LogP contribution in [0.2, 0.25) is 5.02 Å². The standard InChI is InChI=1S/C18H20ClN3O3/c19-11-2-1-3-12(8-11)20-18(25)21-13-4-5-14(21)10-15(9-13)22-16(23)6-7-17(22)24/h1-3,8,13-15H,4-7,9-10H2,(H,20,25). The Balaban J connectivity index is 1.46. The van der Waals surface area contributed by atoms with Crippen LogP contribution in [-0.4, -0.2) is 45.8 Å². The number of carbonyl (C=O) groups is 3. The Kier molecular flexibility index (Phi) is 4.15. The molecule has 2 unspecified atom stereocenters. The minimum absolute atomic E-state index is 0.0600. The van der Waals surface area contributed by atoms with E-state index in [1.165, 1.54) is 4.90 Å². The summed E-state index contributed by atoms with van der Waals surface area (Å²) in [5.74, 6) is -0.127. The third-order valence-corrected chi connectivity index (χ3v) is 5.71. The van der Waals surface area contributed by atoms with Gasteiger partial charge in [-0.2, -0.15) is 0 Å². The molecule has 3 saturated heterocycles. The van der Waals surface area contributed by atoms with Crippen LogP contribution in [-0.2, 0) is 9.59 Å². The van der Waals surface area contributed by atoms with Crippen LogP contribution in [0.1, 0.15) is 38.5 Å². The maximum Gasteiger partial charge on any atom is 0.322 e. The zero-order valence-electron chi connectivity index (χ0n) is 13.8. The number of nitrogens with one attached hydrogen (secondary N) is 1. The Morgan fingerprint density at radius 1 is 1.04 bits per heavy atom. The van der Waals surface area contributed by atoms with Crippen LogP contribution >= 0.6 is 11.6 Å². The molecule has 3 fully saturated rings. The number of piperidine rings is 1. The Labute approximate surface area is 151 Å². The van der Waals surface area contributed by atoms with Crippen LogP contribution in [0.3, 0.4) is 0 Å². The van der Waals surface area contributed by atoms with Gasteiger partial charge in [0, 0.05) is 41.7 Å². The molecule has 2 bridgehead atoms. The van der Waals surface area contributed by atoms with Gasteiger partial charge in [0.1, 0.15) is 0 Å². The number of anilines is 1. The van der Waals surface area contributed by atoms with Crippen LogP contribution in [0.5, 0.6) is 0 Å². The van der Waals surface area contributed by atoms with Crippen molar-refractivity contribution in [2.75, 3.05) is 5.32 Å². The third-order valence-electron chi connectivity index (χ3n) is 5.47. The number of urea groups is 1. The molecule has 4 rings (SSSR count). The van der Waals surface area contributed by atoms with Gasteiger partial charge in [-0.1, -0.05) is 17.7 Å². The highest BCUT2D eigenvalue weighted by Gasteiger charge is 2.47. The van der Waals surface area contributed by atoms with Crippen molar-refractivity contribution in [3.8, 4) is 0 Å². The van der Waals surface area contributed by atoms with Gasteiger partial charge in [-0.05, 0) is 43.9 Å². The van der Waals surface area contributed by atoms with E-state index in [0.29, 0.717) is 36.4 Å². The number of nitrogens with zero attached hydrogens (tertiary/aromatic N) is 2. The maximum absolute atomic E-state index is 12.7. The Morgan fingerprint density at radius 2 is 1.68 bits per heavy atom. The fourth-order valence-corrected chi connectivity index (χ4v) is 4.64. The van der Waals surface area contributed by atoms with E-state index < -0.39 is 0 Å². The molecule has 0 radical (unpaired) electrons. The molecule has 0 spiro atoms. The molecule has 1 aromatic carbocycles. The number of imide groups is 1. The summed E-state index contributed by atoms with van der Waals surface area (Å²) in [6.07, 6.45) is 3.84. The summed E-state index contributed by atoms with van der Waals surface area (Å²) < 4.78 is 0. The predicted octanol–water partition coefficient (Wildman–Crippen LogP) is 3.02. The summed E-state index contributed by atoms with van der Waals surface area (Å²) in [7, 11) is 0. The number of benzene rings is 1. The highest BCUT2D eigenvalue weighted by Crippen LogP contribution is 2.39. The van der Waals surface area contributed by atoms with Crippen LogP contribution in [0, 0.1) is 0 Å². The van der Waals surface area contributed by atoms with Gasteiger partial charge >= 0.3 is 6.03 Å². The molecule has 6 nitrogen and oxygen atoms in total. The summed E-state index contributed by atoms with van der Waals surface area (Å²) in [6, 6.07) is 7.03. The number of hydrogen-bond donors (Lipinski definition) is 1. The van der Waals surface area contributed by atoms with Crippen LogP contribution in [0.4, 0.5) is 10.5 Å². The van der Waals surface area contributed by atoms with Gasteiger partial charge in [0.15, 0.2) is 0 Å². The first-order valence-corrected chi connectivity index (χ1v) is 9.10. The van der Waals surface area contributed by atoms with Crippen LogP contribution in [0.25, 0.3) is 0 Å². The van der Waals surface area contributed by atoms with Crippen molar-refractivity contribution in [3.63, 3.8) is 0 Å². The quantitative estimate of drug-likeness (QED) is 0.823. The van der Waals surface area contributed by atoms with Crippen molar-refractivity contribution in [1.82, 2.24) is 9.80 Å². The molecule has 3 aliphatic heterocycles. The van der Waals surface area contributed by atoms with Gasteiger partial charge in [-0.3, -0.25) is 14.5 Å². The number of halogens is 1. The number of hydrogen-bond acceptors (Lipinski definition) is 3. The number of rotatable bonds is 2. The molecule has 7 heteroatoms. The van der Waals surface area contributed by atoms with E-state index in [-0.39, 0.29) is 36.0 Å². The predicted molar refractivity (Wildman–Crippen MR) is 93.2 cm³/mol. The normalized spacial score (nSPS) is 28.6. The minimum atomic E-state index is -0.132. The van der Waals surface area contributed by atoms with Crippen molar-refractivity contribution >= 4 is 35.1 Å². The van der Waals surface area contributed by atoms with E-state index in [4.69, 9.17) is 11.6 Å². The number of amides is 4. The lowest BCUT2D eigenvalue weighted by Crippen LogP contribution is -2.54. The highest BCUT2D eigenvalue weighted by molar-refractivity contribution is 6.30. The molecule has 1 N–H and O–H groups in total. The molecule has 1 aromatic rings. The molecule has 132 valence electrons. The molecule has 4 amide bonds. The van der Waals surface area contributed by atoms with Gasteiger partial charge in [0.2, 0.25) is 11.8 Å². The van der Waals surface area contributed by atoms with E-state index >= 15 is 0 Å². The molecule has 2 atom stereocenters. The van der Waals surface area contributed by atoms with Crippen molar-refractivity contribution in [2.45, 2.75) is 56.7 Å². The lowest BCUT2D eigenvalue weighted by molar-refractivity contribution is -0.142. The second kappa shape index (κ2) is 6.33. The molecule has 25 heavy (non-hydrogen) atoms. The second-order valence-corrected chi connectivity index (χ2v) is 7.45. The highest BCUT2D eigenvalue weighted by atomic mass is 35.5. The second-order valence-electron chi connectivity index (χ2n) is 7.02. The zero-order chi connectivity index (χ0) is 17.6. The van der Waals surface area contributed by atoms with Crippen molar-refractivity contribution in [2.24, 2.45) is 0 Å². The number of likely N-dealkylation sites (tertiary alicyclic amines) is 1. The van der Waals surface area contributed by atoms with Crippen LogP contribution < -0.4 is 5.32 Å². The monoisotopic (exact) mass is 361 g/mol. The van der Waals surface area contributed by atoms with E-state index in [1.54, 1.807) is 24.3 Å². The number of carbonyl (C=O) groups excluding carboxylic acids is 3. The third kappa shape index (κ3) is 2.99. The minimum Gasteiger partial charge on any atom is -0.318 e. The number of fused-ring (bicyclic) bond motifs is 2. The molecule has 3 heterocycles. The summed E-state index contributed by atoms with van der Waals surface area (Å²) in [5, 5.41) is 3.48. The average molecular weight is 362 g/mol. The average Bonchev–Trinajstić information content (AvgIpc) is 3.04. The summed E-state index contributed by atoms with van der Waals surface area (Å²) in [6.45, 7) is 0. The smallest absolute Gasteiger partial charge is 0.318 e. The summed E-state index contributed by atoms with van der Waals surface area (Å²) >= 11 is 5.97. The Hall–Kier alpha value is -2.08.